The van der Waals surface area contributed by atoms with Gasteiger partial charge in [0.05, 0.1) is 12.7 Å². The quantitative estimate of drug-likeness (QED) is 0.871. The highest BCUT2D eigenvalue weighted by Crippen LogP contribution is 2.31. The Hall–Kier alpha value is -2.29. The monoisotopic (exact) mass is 333 g/mol. The van der Waals surface area contributed by atoms with Crippen LogP contribution in [0, 0.1) is 0 Å². The Morgan fingerprint density at radius 2 is 2.29 bits per heavy atom. The number of likely N-dealkylation sites (tertiary alicyclic amines) is 1. The molecule has 0 bridgehead atoms. The number of nitrogens with two attached hydrogens (primary N) is 1. The van der Waals surface area contributed by atoms with Gasteiger partial charge in [0.2, 0.25) is 5.89 Å². The first-order chi connectivity index (χ1) is 11.6. The van der Waals surface area contributed by atoms with Crippen LogP contribution in [0.4, 0.5) is 0 Å². The molecular formula is C15H23N7O2. The Morgan fingerprint density at radius 1 is 1.46 bits per heavy atom. The van der Waals surface area contributed by atoms with Gasteiger partial charge in [-0.3, -0.25) is 9.48 Å². The second-order valence-corrected chi connectivity index (χ2v) is 6.31. The molecule has 1 saturated heterocycles. The molecule has 0 aliphatic carbocycles. The van der Waals surface area contributed by atoms with E-state index >= 15 is 0 Å². The van der Waals surface area contributed by atoms with Crippen molar-refractivity contribution in [1.82, 2.24) is 30.0 Å². The highest BCUT2D eigenvalue weighted by atomic mass is 16.5. The van der Waals surface area contributed by atoms with Gasteiger partial charge in [-0.15, -0.1) is 5.10 Å². The third-order valence-electron chi connectivity index (χ3n) is 4.14. The molecule has 9 heteroatoms. The van der Waals surface area contributed by atoms with Crippen molar-refractivity contribution in [1.29, 1.82) is 0 Å². The predicted octanol–water partition coefficient (Wildman–Crippen LogP) is 1.11. The van der Waals surface area contributed by atoms with Gasteiger partial charge >= 0.3 is 0 Å². The van der Waals surface area contributed by atoms with Gasteiger partial charge in [-0.05, 0) is 19.3 Å². The van der Waals surface area contributed by atoms with Crippen LogP contribution in [0.1, 0.15) is 67.3 Å². The number of carbonyl (C=O) groups is 1. The van der Waals surface area contributed by atoms with Gasteiger partial charge < -0.3 is 15.2 Å². The van der Waals surface area contributed by atoms with Gasteiger partial charge in [0.15, 0.2) is 11.5 Å². The molecule has 2 aromatic rings. The average molecular weight is 333 g/mol. The van der Waals surface area contributed by atoms with Crippen LogP contribution in [0.5, 0.6) is 0 Å². The van der Waals surface area contributed by atoms with Gasteiger partial charge in [0.1, 0.15) is 6.04 Å². The lowest BCUT2D eigenvalue weighted by atomic mass is 10.0. The lowest BCUT2D eigenvalue weighted by molar-refractivity contribution is 0.0555. The minimum Gasteiger partial charge on any atom is -0.337 e. The molecule has 130 valence electrons. The average Bonchev–Trinajstić information content (AvgIpc) is 3.24. The summed E-state index contributed by atoms with van der Waals surface area (Å²) in [6.45, 7) is 5.64. The minimum atomic E-state index is -0.203. The standard InChI is InChI=1S/C15H23N7O2/c1-10(2)13-17-14(24-19-13)12-5-3-4-7-22(12)15(23)11-9-21(8-6-16)20-18-11/h9-10,12H,3-8,16H2,1-2H3/t12-/m1/s1. The van der Waals surface area contributed by atoms with E-state index in [0.717, 1.165) is 19.3 Å². The molecule has 0 unspecified atom stereocenters. The maximum atomic E-state index is 12.8. The number of nitrogens with zero attached hydrogens (tertiary/aromatic N) is 6. The molecule has 1 aliphatic rings. The number of rotatable bonds is 5. The normalized spacial score (nSPS) is 18.3. The van der Waals surface area contributed by atoms with Crippen molar-refractivity contribution in [2.75, 3.05) is 13.1 Å². The van der Waals surface area contributed by atoms with Gasteiger partial charge in [-0.1, -0.05) is 24.2 Å². The Labute approximate surface area is 140 Å². The minimum absolute atomic E-state index is 0.160. The van der Waals surface area contributed by atoms with Gasteiger partial charge in [-0.2, -0.15) is 4.98 Å². The molecule has 3 rings (SSSR count). The van der Waals surface area contributed by atoms with E-state index in [2.05, 4.69) is 20.5 Å². The van der Waals surface area contributed by atoms with E-state index in [1.807, 2.05) is 13.8 Å². The van der Waals surface area contributed by atoms with E-state index in [9.17, 15) is 4.79 Å². The van der Waals surface area contributed by atoms with Crippen LogP contribution in [0.2, 0.25) is 0 Å². The fourth-order valence-corrected chi connectivity index (χ4v) is 2.83. The molecule has 0 saturated carbocycles. The van der Waals surface area contributed by atoms with Crippen LogP contribution in [-0.2, 0) is 6.54 Å². The molecule has 1 fully saturated rings. The van der Waals surface area contributed by atoms with Crippen LogP contribution in [0.15, 0.2) is 10.7 Å². The van der Waals surface area contributed by atoms with Crippen molar-refractivity contribution in [3.05, 3.63) is 23.6 Å². The topological polar surface area (TPSA) is 116 Å². The molecule has 3 heterocycles. The number of hydrogen-bond acceptors (Lipinski definition) is 7. The highest BCUT2D eigenvalue weighted by Gasteiger charge is 2.34. The Balaban J connectivity index is 1.81. The Bertz CT molecular complexity index is 694. The predicted molar refractivity (Wildman–Crippen MR) is 85.1 cm³/mol. The van der Waals surface area contributed by atoms with E-state index in [1.54, 1.807) is 15.8 Å². The third-order valence-corrected chi connectivity index (χ3v) is 4.14. The molecule has 1 amide bonds. The molecule has 0 radical (unpaired) electrons. The highest BCUT2D eigenvalue weighted by molar-refractivity contribution is 5.92. The largest absolute Gasteiger partial charge is 0.337 e. The second-order valence-electron chi connectivity index (χ2n) is 6.31. The number of piperidine rings is 1. The number of carbonyl (C=O) groups excluding carboxylic acids is 1. The van der Waals surface area contributed by atoms with Crippen LogP contribution in [-0.4, -0.2) is 49.0 Å². The zero-order valence-corrected chi connectivity index (χ0v) is 14.1. The molecule has 0 aromatic carbocycles. The van der Waals surface area contributed by atoms with Crippen molar-refractivity contribution in [2.45, 2.75) is 51.6 Å². The molecule has 2 N–H and O–H groups in total. The summed E-state index contributed by atoms with van der Waals surface area (Å²) in [5.41, 5.74) is 5.82. The molecule has 24 heavy (non-hydrogen) atoms. The fourth-order valence-electron chi connectivity index (χ4n) is 2.83. The lowest BCUT2D eigenvalue weighted by Gasteiger charge is -2.32. The van der Waals surface area contributed by atoms with Crippen molar-refractivity contribution in [2.24, 2.45) is 5.73 Å². The molecular weight excluding hydrogens is 310 g/mol. The summed E-state index contributed by atoms with van der Waals surface area (Å²) in [7, 11) is 0. The van der Waals surface area contributed by atoms with E-state index in [-0.39, 0.29) is 17.9 Å². The van der Waals surface area contributed by atoms with Crippen molar-refractivity contribution >= 4 is 5.91 Å². The zero-order chi connectivity index (χ0) is 17.1. The molecule has 2 aromatic heterocycles. The summed E-state index contributed by atoms with van der Waals surface area (Å²) in [5, 5.41) is 11.9. The molecule has 1 aliphatic heterocycles. The van der Waals surface area contributed by atoms with E-state index in [1.165, 1.54) is 0 Å². The lowest BCUT2D eigenvalue weighted by Crippen LogP contribution is -2.38. The third kappa shape index (κ3) is 3.30. The maximum Gasteiger partial charge on any atom is 0.276 e. The second kappa shape index (κ2) is 7.08. The molecule has 1 atom stereocenters. The summed E-state index contributed by atoms with van der Waals surface area (Å²) in [6.07, 6.45) is 4.41. The van der Waals surface area contributed by atoms with Gasteiger partial charge in [0.25, 0.3) is 5.91 Å². The van der Waals surface area contributed by atoms with Gasteiger partial charge in [0, 0.05) is 19.0 Å². The van der Waals surface area contributed by atoms with Crippen LogP contribution < -0.4 is 5.73 Å². The van der Waals surface area contributed by atoms with Crippen molar-refractivity contribution in [3.8, 4) is 0 Å². The summed E-state index contributed by atoms with van der Waals surface area (Å²) < 4.78 is 6.99. The number of amides is 1. The van der Waals surface area contributed by atoms with Crippen molar-refractivity contribution < 1.29 is 9.32 Å². The summed E-state index contributed by atoms with van der Waals surface area (Å²) in [5.74, 6) is 1.19. The first kappa shape index (κ1) is 16.6. The number of aromatic nitrogens is 5. The van der Waals surface area contributed by atoms with E-state index < -0.39 is 0 Å². The fraction of sp³-hybridized carbons (Fsp3) is 0.667. The van der Waals surface area contributed by atoms with Crippen LogP contribution in [0.25, 0.3) is 0 Å². The smallest absolute Gasteiger partial charge is 0.276 e. The SMILES string of the molecule is CC(C)c1noc([C@H]2CCCCN2C(=O)c2cn(CCN)nn2)n1. The number of hydrogen-bond donors (Lipinski definition) is 1. The summed E-state index contributed by atoms with van der Waals surface area (Å²) in [6, 6.07) is -0.203. The molecule has 9 nitrogen and oxygen atoms in total. The van der Waals surface area contributed by atoms with Crippen LogP contribution >= 0.6 is 0 Å². The zero-order valence-electron chi connectivity index (χ0n) is 14.1. The van der Waals surface area contributed by atoms with E-state index in [0.29, 0.717) is 37.0 Å². The summed E-state index contributed by atoms with van der Waals surface area (Å²) >= 11 is 0. The summed E-state index contributed by atoms with van der Waals surface area (Å²) in [4.78, 5) is 19.1. The Kier molecular flexibility index (Phi) is 4.89. The van der Waals surface area contributed by atoms with Crippen molar-refractivity contribution in [3.63, 3.8) is 0 Å². The molecule has 0 spiro atoms. The van der Waals surface area contributed by atoms with Gasteiger partial charge in [-0.25, -0.2) is 0 Å². The first-order valence-corrected chi connectivity index (χ1v) is 8.34. The van der Waals surface area contributed by atoms with E-state index in [4.69, 9.17) is 10.3 Å². The van der Waals surface area contributed by atoms with Crippen LogP contribution in [0.3, 0.4) is 0 Å². The Morgan fingerprint density at radius 3 is 3.00 bits per heavy atom. The first-order valence-electron chi connectivity index (χ1n) is 8.34. The maximum absolute atomic E-state index is 12.8.